The molecule has 0 saturated carbocycles. The van der Waals surface area contributed by atoms with Crippen LogP contribution in [0.1, 0.15) is 25.5 Å². The quantitative estimate of drug-likeness (QED) is 0.809. The molecule has 2 nitrogen and oxygen atoms in total. The van der Waals surface area contributed by atoms with E-state index in [9.17, 15) is 22.0 Å². The highest BCUT2D eigenvalue weighted by Crippen LogP contribution is 2.23. The lowest BCUT2D eigenvalue weighted by Crippen LogP contribution is -2.43. The number of alkyl halides is 3. The van der Waals surface area contributed by atoms with Crippen LogP contribution in [0.5, 0.6) is 0 Å². The summed E-state index contributed by atoms with van der Waals surface area (Å²) in [5, 5.41) is 2.74. The Hall–Kier alpha value is -1.21. The van der Waals surface area contributed by atoms with E-state index in [-0.39, 0.29) is 18.2 Å². The second kappa shape index (κ2) is 7.17. The Morgan fingerprint density at radius 3 is 2.29 bits per heavy atom. The molecule has 1 aromatic rings. The average Bonchev–Trinajstić information content (AvgIpc) is 2.36. The molecular formula is C14H19F5N2. The molecule has 0 bridgehead atoms. The molecule has 0 spiro atoms. The van der Waals surface area contributed by atoms with Gasteiger partial charge >= 0.3 is 6.18 Å². The molecule has 0 aliphatic carbocycles. The Balaban J connectivity index is 2.96. The molecule has 0 fully saturated rings. The maximum atomic E-state index is 13.8. The fourth-order valence-corrected chi connectivity index (χ4v) is 2.06. The van der Waals surface area contributed by atoms with Crippen LogP contribution in [0, 0.1) is 11.6 Å². The predicted molar refractivity (Wildman–Crippen MR) is 70.9 cm³/mol. The van der Waals surface area contributed by atoms with Crippen molar-refractivity contribution in [2.75, 3.05) is 20.1 Å². The summed E-state index contributed by atoms with van der Waals surface area (Å²) in [4.78, 5) is 1.17. The highest BCUT2D eigenvalue weighted by atomic mass is 19.4. The zero-order valence-corrected chi connectivity index (χ0v) is 12.1. The van der Waals surface area contributed by atoms with Gasteiger partial charge in [-0.25, -0.2) is 8.78 Å². The van der Waals surface area contributed by atoms with Gasteiger partial charge in [0.15, 0.2) is 11.6 Å². The van der Waals surface area contributed by atoms with E-state index in [2.05, 4.69) is 5.32 Å². The lowest BCUT2D eigenvalue weighted by Gasteiger charge is -2.31. The molecule has 1 atom stereocenters. The largest absolute Gasteiger partial charge is 0.401 e. The molecule has 120 valence electrons. The molecule has 0 aliphatic rings. The molecular weight excluding hydrogens is 291 g/mol. The summed E-state index contributed by atoms with van der Waals surface area (Å²) in [6.45, 7) is 2.08. The molecule has 21 heavy (non-hydrogen) atoms. The van der Waals surface area contributed by atoms with Gasteiger partial charge in [-0.2, -0.15) is 13.2 Å². The fraction of sp³-hybridized carbons (Fsp3) is 0.571. The molecule has 1 unspecified atom stereocenters. The zero-order valence-electron chi connectivity index (χ0n) is 12.1. The van der Waals surface area contributed by atoms with Crippen molar-refractivity contribution in [3.8, 4) is 0 Å². The van der Waals surface area contributed by atoms with E-state index in [4.69, 9.17) is 0 Å². The second-order valence-electron chi connectivity index (χ2n) is 5.12. The minimum Gasteiger partial charge on any atom is -0.312 e. The first-order valence-corrected chi connectivity index (χ1v) is 6.57. The summed E-state index contributed by atoms with van der Waals surface area (Å²) in [7, 11) is 1.50. The van der Waals surface area contributed by atoms with Gasteiger partial charge in [-0.3, -0.25) is 4.90 Å². The summed E-state index contributed by atoms with van der Waals surface area (Å²) < 4.78 is 64.7. The van der Waals surface area contributed by atoms with Crippen molar-refractivity contribution in [3.63, 3.8) is 0 Å². The van der Waals surface area contributed by atoms with E-state index < -0.39 is 30.4 Å². The molecule has 0 radical (unpaired) electrons. The second-order valence-corrected chi connectivity index (χ2v) is 5.12. The third kappa shape index (κ3) is 5.24. The van der Waals surface area contributed by atoms with Crippen LogP contribution in [-0.4, -0.2) is 37.3 Å². The monoisotopic (exact) mass is 310 g/mol. The minimum absolute atomic E-state index is 0.0188. The first-order valence-electron chi connectivity index (χ1n) is 6.57. The van der Waals surface area contributed by atoms with Crippen LogP contribution >= 0.6 is 0 Å². The van der Waals surface area contributed by atoms with E-state index in [1.165, 1.54) is 24.1 Å². The first kappa shape index (κ1) is 17.8. The van der Waals surface area contributed by atoms with Crippen LogP contribution in [-0.2, 0) is 0 Å². The number of benzene rings is 1. The van der Waals surface area contributed by atoms with Crippen molar-refractivity contribution >= 4 is 0 Å². The highest BCUT2D eigenvalue weighted by molar-refractivity contribution is 5.23. The Kier molecular flexibility index (Phi) is 6.10. The van der Waals surface area contributed by atoms with Gasteiger partial charge in [-0.15, -0.1) is 0 Å². The van der Waals surface area contributed by atoms with Gasteiger partial charge < -0.3 is 5.32 Å². The lowest BCUT2D eigenvalue weighted by molar-refractivity contribution is -0.150. The molecule has 0 saturated heterocycles. The van der Waals surface area contributed by atoms with E-state index in [1.54, 1.807) is 13.8 Å². The molecule has 7 heteroatoms. The first-order chi connectivity index (χ1) is 9.65. The number of nitrogens with one attached hydrogen (secondary N) is 1. The third-order valence-electron chi connectivity index (χ3n) is 3.24. The van der Waals surface area contributed by atoms with E-state index >= 15 is 0 Å². The summed E-state index contributed by atoms with van der Waals surface area (Å²) in [5.74, 6) is -2.05. The highest BCUT2D eigenvalue weighted by Gasteiger charge is 2.33. The van der Waals surface area contributed by atoms with Gasteiger partial charge in [0.25, 0.3) is 0 Å². The smallest absolute Gasteiger partial charge is 0.312 e. The van der Waals surface area contributed by atoms with Gasteiger partial charge in [0.05, 0.1) is 6.54 Å². The van der Waals surface area contributed by atoms with Crippen molar-refractivity contribution in [1.82, 2.24) is 10.2 Å². The van der Waals surface area contributed by atoms with Crippen molar-refractivity contribution in [1.29, 1.82) is 0 Å². The topological polar surface area (TPSA) is 15.3 Å². The van der Waals surface area contributed by atoms with Crippen LogP contribution in [0.2, 0.25) is 0 Å². The molecule has 0 aliphatic heterocycles. The Bertz CT molecular complexity index is 459. The number of hydrogen-bond acceptors (Lipinski definition) is 2. The fourth-order valence-electron chi connectivity index (χ4n) is 2.06. The SMILES string of the molecule is CNC(CN(CC(F)(F)F)C(C)C)c1cccc(F)c1F. The standard InChI is InChI=1S/C14H19F5N2/c1-9(2)21(8-14(17,18)19)7-12(20-3)10-5-4-6-11(15)13(10)16/h4-6,9,12,20H,7-8H2,1-3H3. The normalized spacial score (nSPS) is 14.0. The summed E-state index contributed by atoms with van der Waals surface area (Å²) in [5.41, 5.74) is 0.0188. The Labute approximate surface area is 120 Å². The number of likely N-dealkylation sites (N-methyl/N-ethyl adjacent to an activating group) is 1. The van der Waals surface area contributed by atoms with Crippen LogP contribution in [0.25, 0.3) is 0 Å². The summed E-state index contributed by atoms with van der Waals surface area (Å²) in [6.07, 6.45) is -4.34. The zero-order chi connectivity index (χ0) is 16.2. The molecule has 0 heterocycles. The Morgan fingerprint density at radius 2 is 1.81 bits per heavy atom. The van der Waals surface area contributed by atoms with Crippen LogP contribution < -0.4 is 5.32 Å². The van der Waals surface area contributed by atoms with Crippen molar-refractivity contribution < 1.29 is 22.0 Å². The summed E-state index contributed by atoms with van der Waals surface area (Å²) in [6, 6.07) is 2.57. The number of rotatable bonds is 6. The van der Waals surface area contributed by atoms with Gasteiger partial charge in [-0.1, -0.05) is 12.1 Å². The Morgan fingerprint density at radius 1 is 1.19 bits per heavy atom. The molecule has 1 rings (SSSR count). The molecule has 1 aromatic carbocycles. The number of halogens is 5. The maximum Gasteiger partial charge on any atom is 0.401 e. The third-order valence-corrected chi connectivity index (χ3v) is 3.24. The van der Waals surface area contributed by atoms with Crippen LogP contribution in [0.4, 0.5) is 22.0 Å². The minimum atomic E-state index is -4.34. The van der Waals surface area contributed by atoms with Crippen LogP contribution in [0.3, 0.4) is 0 Å². The average molecular weight is 310 g/mol. The van der Waals surface area contributed by atoms with E-state index in [0.29, 0.717) is 0 Å². The van der Waals surface area contributed by atoms with Crippen molar-refractivity contribution in [3.05, 3.63) is 35.4 Å². The number of nitrogens with zero attached hydrogens (tertiary/aromatic N) is 1. The van der Waals surface area contributed by atoms with Gasteiger partial charge in [0, 0.05) is 24.2 Å². The maximum absolute atomic E-state index is 13.8. The van der Waals surface area contributed by atoms with Crippen LogP contribution in [0.15, 0.2) is 18.2 Å². The van der Waals surface area contributed by atoms with Gasteiger partial charge in [0.2, 0.25) is 0 Å². The van der Waals surface area contributed by atoms with E-state index in [1.807, 2.05) is 0 Å². The number of hydrogen-bond donors (Lipinski definition) is 1. The molecule has 0 amide bonds. The van der Waals surface area contributed by atoms with Gasteiger partial charge in [-0.05, 0) is 27.0 Å². The van der Waals surface area contributed by atoms with E-state index in [0.717, 1.165) is 6.07 Å². The van der Waals surface area contributed by atoms with Crippen molar-refractivity contribution in [2.24, 2.45) is 0 Å². The van der Waals surface area contributed by atoms with Crippen molar-refractivity contribution in [2.45, 2.75) is 32.1 Å². The lowest BCUT2D eigenvalue weighted by atomic mass is 10.0. The molecule has 0 aromatic heterocycles. The van der Waals surface area contributed by atoms with Gasteiger partial charge in [0.1, 0.15) is 0 Å². The molecule has 1 N–H and O–H groups in total. The predicted octanol–water partition coefficient (Wildman–Crippen LogP) is 3.50. The summed E-state index contributed by atoms with van der Waals surface area (Å²) >= 11 is 0.